The molecular weight excluding hydrogens is 408 g/mol. The molecule has 1 aromatic carbocycles. The summed E-state index contributed by atoms with van der Waals surface area (Å²) in [7, 11) is 0. The third-order valence-corrected chi connectivity index (χ3v) is 4.56. The van der Waals surface area contributed by atoms with Crippen LogP contribution < -0.4 is 0 Å². The van der Waals surface area contributed by atoms with Crippen molar-refractivity contribution in [3.63, 3.8) is 0 Å². The summed E-state index contributed by atoms with van der Waals surface area (Å²) in [6.07, 6.45) is -4.98. The van der Waals surface area contributed by atoms with Crippen LogP contribution in [0.1, 0.15) is 33.3 Å². The van der Waals surface area contributed by atoms with Gasteiger partial charge < -0.3 is 28.4 Å². The van der Waals surface area contributed by atoms with E-state index in [0.717, 1.165) is 5.56 Å². The van der Waals surface area contributed by atoms with Gasteiger partial charge >= 0.3 is 17.9 Å². The van der Waals surface area contributed by atoms with Crippen LogP contribution in [0.5, 0.6) is 0 Å². The highest BCUT2D eigenvalue weighted by Gasteiger charge is 2.58. The number of hydrogen-bond acceptors (Lipinski definition) is 9. The van der Waals surface area contributed by atoms with Crippen molar-refractivity contribution in [2.75, 3.05) is 6.61 Å². The van der Waals surface area contributed by atoms with Crippen molar-refractivity contribution in [3.05, 3.63) is 35.9 Å². The fourth-order valence-electron chi connectivity index (χ4n) is 3.37. The Hall–Kier alpha value is -2.93. The molecule has 0 spiro atoms. The average molecular weight is 432 g/mol. The van der Waals surface area contributed by atoms with E-state index in [9.17, 15) is 14.4 Å². The fourth-order valence-corrected chi connectivity index (χ4v) is 3.37. The SMILES string of the molecule is CC(=O)OC[C@H]1O[C@@H]2OC(C)(C#Cc3ccccc3)O[C@@H]2[C@@H](OC(C)=O)[C@@H]1OC(C)=O. The molecule has 1 unspecified atom stereocenters. The third kappa shape index (κ3) is 5.82. The predicted molar refractivity (Wildman–Crippen MR) is 104 cm³/mol. The normalized spacial score (nSPS) is 31.5. The van der Waals surface area contributed by atoms with E-state index in [2.05, 4.69) is 11.8 Å². The molecule has 0 N–H and O–H groups in total. The largest absolute Gasteiger partial charge is 0.463 e. The van der Waals surface area contributed by atoms with Crippen molar-refractivity contribution in [2.45, 2.75) is 64.2 Å². The van der Waals surface area contributed by atoms with Gasteiger partial charge in [0.25, 0.3) is 0 Å². The molecule has 9 nitrogen and oxygen atoms in total. The lowest BCUT2D eigenvalue weighted by molar-refractivity contribution is -0.265. The van der Waals surface area contributed by atoms with Crippen LogP contribution in [-0.4, -0.2) is 61.0 Å². The van der Waals surface area contributed by atoms with Crippen molar-refractivity contribution in [1.82, 2.24) is 0 Å². The van der Waals surface area contributed by atoms with Gasteiger partial charge in [0.2, 0.25) is 5.79 Å². The van der Waals surface area contributed by atoms with E-state index in [1.54, 1.807) is 6.92 Å². The summed E-state index contributed by atoms with van der Waals surface area (Å²) >= 11 is 0. The molecule has 0 amide bonds. The first-order valence-corrected chi connectivity index (χ1v) is 9.74. The Kier molecular flexibility index (Phi) is 6.95. The van der Waals surface area contributed by atoms with Gasteiger partial charge in [-0.1, -0.05) is 24.1 Å². The van der Waals surface area contributed by atoms with Crippen molar-refractivity contribution >= 4 is 17.9 Å². The highest BCUT2D eigenvalue weighted by Crippen LogP contribution is 2.38. The molecule has 0 saturated carbocycles. The number of esters is 3. The van der Waals surface area contributed by atoms with Crippen LogP contribution >= 0.6 is 0 Å². The topological polar surface area (TPSA) is 107 Å². The van der Waals surface area contributed by atoms with E-state index in [0.29, 0.717) is 0 Å². The Morgan fingerprint density at radius 2 is 1.61 bits per heavy atom. The van der Waals surface area contributed by atoms with Gasteiger partial charge in [-0.3, -0.25) is 14.4 Å². The first-order valence-electron chi connectivity index (χ1n) is 9.74. The monoisotopic (exact) mass is 432 g/mol. The Labute approximate surface area is 179 Å². The number of fused-ring (bicyclic) bond motifs is 1. The number of rotatable bonds is 4. The van der Waals surface area contributed by atoms with Gasteiger partial charge in [0.05, 0.1) is 0 Å². The molecule has 2 saturated heterocycles. The Morgan fingerprint density at radius 3 is 2.23 bits per heavy atom. The standard InChI is InChI=1S/C22H24O9/c1-13(23)26-12-17-18(27-14(2)24)19(28-15(3)25)20-21(29-17)31-22(4,30-20)11-10-16-8-6-5-7-9-16/h5-9,17-21H,12H2,1-4H3/t17-,18-,19+,20-,21-,22?/m1/s1. The van der Waals surface area contributed by atoms with E-state index >= 15 is 0 Å². The second-order valence-corrected chi connectivity index (χ2v) is 7.26. The maximum Gasteiger partial charge on any atom is 0.303 e. The van der Waals surface area contributed by atoms with Gasteiger partial charge in [-0.15, -0.1) is 0 Å². The van der Waals surface area contributed by atoms with Crippen LogP contribution in [0.2, 0.25) is 0 Å². The smallest absolute Gasteiger partial charge is 0.303 e. The minimum atomic E-state index is -1.37. The Balaban J connectivity index is 1.88. The van der Waals surface area contributed by atoms with Crippen molar-refractivity contribution in [3.8, 4) is 11.8 Å². The molecule has 3 rings (SSSR count). The van der Waals surface area contributed by atoms with Crippen LogP contribution in [0.3, 0.4) is 0 Å². The predicted octanol–water partition coefficient (Wildman–Crippen LogP) is 1.32. The van der Waals surface area contributed by atoms with Crippen molar-refractivity contribution < 1.29 is 42.8 Å². The van der Waals surface area contributed by atoms with Gasteiger partial charge in [0.1, 0.15) is 12.7 Å². The van der Waals surface area contributed by atoms with Crippen molar-refractivity contribution in [1.29, 1.82) is 0 Å². The van der Waals surface area contributed by atoms with Crippen LogP contribution in [0.4, 0.5) is 0 Å². The number of carbonyl (C=O) groups is 3. The maximum absolute atomic E-state index is 11.8. The summed E-state index contributed by atoms with van der Waals surface area (Å²) in [5.41, 5.74) is 0.758. The second kappa shape index (κ2) is 9.47. The zero-order valence-electron chi connectivity index (χ0n) is 17.7. The number of hydrogen-bond donors (Lipinski definition) is 0. The number of carbonyl (C=O) groups excluding carboxylic acids is 3. The lowest BCUT2D eigenvalue weighted by atomic mass is 9.98. The molecule has 0 bridgehead atoms. The van der Waals surface area contributed by atoms with Gasteiger partial charge in [0, 0.05) is 33.3 Å². The first kappa shape index (κ1) is 22.7. The van der Waals surface area contributed by atoms with E-state index in [4.69, 9.17) is 28.4 Å². The van der Waals surface area contributed by atoms with E-state index in [-0.39, 0.29) is 6.61 Å². The van der Waals surface area contributed by atoms with Crippen molar-refractivity contribution in [2.24, 2.45) is 0 Å². The molecule has 31 heavy (non-hydrogen) atoms. The lowest BCUT2D eigenvalue weighted by Gasteiger charge is -2.40. The third-order valence-electron chi connectivity index (χ3n) is 4.56. The summed E-state index contributed by atoms with van der Waals surface area (Å²) in [5.74, 6) is 2.74. The summed E-state index contributed by atoms with van der Waals surface area (Å²) < 4.78 is 33.5. The molecule has 0 aromatic heterocycles. The molecule has 2 aliphatic rings. The fraction of sp³-hybridized carbons (Fsp3) is 0.500. The Morgan fingerprint density at radius 1 is 0.968 bits per heavy atom. The molecule has 6 atom stereocenters. The molecule has 9 heteroatoms. The molecule has 1 aromatic rings. The highest BCUT2D eigenvalue weighted by molar-refractivity contribution is 5.68. The average Bonchev–Trinajstić information content (AvgIpc) is 3.03. The number of benzene rings is 1. The second-order valence-electron chi connectivity index (χ2n) is 7.26. The lowest BCUT2D eigenvalue weighted by Crippen LogP contribution is -2.60. The van der Waals surface area contributed by atoms with Gasteiger partial charge in [-0.05, 0) is 18.1 Å². The molecule has 0 radical (unpaired) electrons. The maximum atomic E-state index is 11.8. The van der Waals surface area contributed by atoms with E-state index in [1.165, 1.54) is 20.8 Å². The minimum absolute atomic E-state index is 0.232. The van der Waals surface area contributed by atoms with Gasteiger partial charge in [0.15, 0.2) is 24.6 Å². The molecule has 2 heterocycles. The summed E-state index contributed by atoms with van der Waals surface area (Å²) in [5, 5.41) is 0. The van der Waals surface area contributed by atoms with Gasteiger partial charge in [-0.25, -0.2) is 0 Å². The molecule has 166 valence electrons. The number of ether oxygens (including phenoxy) is 6. The zero-order valence-corrected chi connectivity index (χ0v) is 17.7. The quantitative estimate of drug-likeness (QED) is 0.396. The van der Waals surface area contributed by atoms with Crippen LogP contribution in [0, 0.1) is 11.8 Å². The van der Waals surface area contributed by atoms with Gasteiger partial charge in [-0.2, -0.15) is 0 Å². The van der Waals surface area contributed by atoms with Crippen LogP contribution in [0.25, 0.3) is 0 Å². The minimum Gasteiger partial charge on any atom is -0.463 e. The van der Waals surface area contributed by atoms with E-state index < -0.39 is 54.4 Å². The van der Waals surface area contributed by atoms with Crippen LogP contribution in [0.15, 0.2) is 30.3 Å². The first-order chi connectivity index (χ1) is 14.7. The summed E-state index contributed by atoms with van der Waals surface area (Å²) in [6, 6.07) is 9.25. The summed E-state index contributed by atoms with van der Waals surface area (Å²) in [4.78, 5) is 34.7. The zero-order chi connectivity index (χ0) is 22.6. The molecular formula is C22H24O9. The molecule has 0 aliphatic carbocycles. The van der Waals surface area contributed by atoms with Crippen LogP contribution in [-0.2, 0) is 42.8 Å². The Bertz CT molecular complexity index is 887. The molecule has 2 fully saturated rings. The summed E-state index contributed by atoms with van der Waals surface area (Å²) in [6.45, 7) is 5.05. The highest BCUT2D eigenvalue weighted by atomic mass is 16.8. The van der Waals surface area contributed by atoms with E-state index in [1.807, 2.05) is 30.3 Å². The molecule has 2 aliphatic heterocycles.